The number of likely N-dealkylation sites (N-methyl/N-ethyl adjacent to an activating group) is 1. The van der Waals surface area contributed by atoms with Gasteiger partial charge < -0.3 is 5.32 Å². The van der Waals surface area contributed by atoms with Crippen LogP contribution >= 0.6 is 22.6 Å². The molecule has 0 bridgehead atoms. The Morgan fingerprint density at radius 3 is 2.33 bits per heavy atom. The summed E-state index contributed by atoms with van der Waals surface area (Å²) in [5.41, 5.74) is 0.842. The molecule has 0 saturated carbocycles. The molecule has 0 aliphatic heterocycles. The average molecular weight is 318 g/mol. The number of amides is 1. The number of hydrogen-bond acceptors (Lipinski definition) is 2. The largest absolute Gasteiger partial charge is 0.325 e. The summed E-state index contributed by atoms with van der Waals surface area (Å²) in [5, 5.41) is 2.87. The van der Waals surface area contributed by atoms with E-state index in [9.17, 15) is 4.79 Å². The lowest BCUT2D eigenvalue weighted by Gasteiger charge is -2.18. The first-order chi connectivity index (χ1) is 7.00. The predicted octanol–water partition coefficient (Wildman–Crippen LogP) is 2.18. The van der Waals surface area contributed by atoms with Crippen molar-refractivity contribution in [2.75, 3.05) is 19.4 Å². The van der Waals surface area contributed by atoms with Crippen LogP contribution in [0.2, 0.25) is 0 Å². The molecule has 1 aromatic rings. The highest BCUT2D eigenvalue weighted by molar-refractivity contribution is 14.1. The van der Waals surface area contributed by atoms with E-state index in [0.29, 0.717) is 0 Å². The third-order valence-electron chi connectivity index (χ3n) is 2.27. The molecule has 0 aliphatic carbocycles. The zero-order valence-electron chi connectivity index (χ0n) is 9.12. The molecule has 0 saturated heterocycles. The maximum absolute atomic E-state index is 11.7. The molecule has 0 radical (unpaired) electrons. The Bertz CT molecular complexity index is 335. The highest BCUT2D eigenvalue weighted by Gasteiger charge is 2.14. The second kappa shape index (κ2) is 5.46. The van der Waals surface area contributed by atoms with Crippen LogP contribution < -0.4 is 5.32 Å². The summed E-state index contributed by atoms with van der Waals surface area (Å²) in [5.74, 6) is 0.0150. The Balaban J connectivity index is 2.62. The molecule has 4 heteroatoms. The first-order valence-electron chi connectivity index (χ1n) is 4.73. The van der Waals surface area contributed by atoms with Crippen molar-refractivity contribution in [1.82, 2.24) is 4.90 Å². The van der Waals surface area contributed by atoms with Gasteiger partial charge in [-0.05, 0) is 67.9 Å². The van der Waals surface area contributed by atoms with Gasteiger partial charge >= 0.3 is 0 Å². The van der Waals surface area contributed by atoms with Crippen molar-refractivity contribution in [3.63, 3.8) is 0 Å². The SMILES string of the molecule is CC(C(=O)Nc1ccc(I)cc1)N(C)C. The number of carbonyl (C=O) groups excluding carboxylic acids is 1. The Labute approximate surface area is 104 Å². The van der Waals surface area contributed by atoms with Crippen LogP contribution in [0, 0.1) is 3.57 Å². The molecule has 1 unspecified atom stereocenters. The average Bonchev–Trinajstić information content (AvgIpc) is 2.20. The Morgan fingerprint density at radius 1 is 1.33 bits per heavy atom. The molecule has 3 nitrogen and oxygen atoms in total. The highest BCUT2D eigenvalue weighted by Crippen LogP contribution is 2.11. The second-order valence-corrected chi connectivity index (χ2v) is 4.88. The molecule has 82 valence electrons. The van der Waals surface area contributed by atoms with E-state index in [1.54, 1.807) is 0 Å². The smallest absolute Gasteiger partial charge is 0.241 e. The number of nitrogens with zero attached hydrogens (tertiary/aromatic N) is 1. The second-order valence-electron chi connectivity index (χ2n) is 3.64. The van der Waals surface area contributed by atoms with Crippen molar-refractivity contribution in [3.8, 4) is 0 Å². The number of hydrogen-bond donors (Lipinski definition) is 1. The van der Waals surface area contributed by atoms with Gasteiger partial charge in [-0.3, -0.25) is 9.69 Å². The van der Waals surface area contributed by atoms with E-state index in [-0.39, 0.29) is 11.9 Å². The van der Waals surface area contributed by atoms with Crippen LogP contribution in [-0.4, -0.2) is 30.9 Å². The van der Waals surface area contributed by atoms with Crippen LogP contribution in [0.1, 0.15) is 6.92 Å². The van der Waals surface area contributed by atoms with Gasteiger partial charge in [0.1, 0.15) is 0 Å². The molecule has 0 fully saturated rings. The number of halogens is 1. The molecule has 0 spiro atoms. The lowest BCUT2D eigenvalue weighted by Crippen LogP contribution is -2.37. The van der Waals surface area contributed by atoms with Gasteiger partial charge in [-0.15, -0.1) is 0 Å². The van der Waals surface area contributed by atoms with Gasteiger partial charge in [0.05, 0.1) is 6.04 Å². The zero-order valence-corrected chi connectivity index (χ0v) is 11.3. The highest BCUT2D eigenvalue weighted by atomic mass is 127. The van der Waals surface area contributed by atoms with Crippen molar-refractivity contribution >= 4 is 34.2 Å². The fraction of sp³-hybridized carbons (Fsp3) is 0.364. The fourth-order valence-electron chi connectivity index (χ4n) is 1.01. The third kappa shape index (κ3) is 3.79. The number of benzene rings is 1. The number of nitrogens with one attached hydrogen (secondary N) is 1. The van der Waals surface area contributed by atoms with Crippen LogP contribution in [0.5, 0.6) is 0 Å². The minimum absolute atomic E-state index is 0.0150. The van der Waals surface area contributed by atoms with Crippen LogP contribution in [0.15, 0.2) is 24.3 Å². The van der Waals surface area contributed by atoms with Crippen molar-refractivity contribution in [2.45, 2.75) is 13.0 Å². The van der Waals surface area contributed by atoms with Gasteiger partial charge in [-0.1, -0.05) is 0 Å². The molecular formula is C11H15IN2O. The summed E-state index contributed by atoms with van der Waals surface area (Å²) in [7, 11) is 3.77. The van der Waals surface area contributed by atoms with Crippen molar-refractivity contribution in [3.05, 3.63) is 27.8 Å². The van der Waals surface area contributed by atoms with Gasteiger partial charge in [-0.2, -0.15) is 0 Å². The van der Waals surface area contributed by atoms with E-state index in [1.807, 2.05) is 50.2 Å². The third-order valence-corrected chi connectivity index (χ3v) is 2.98. The van der Waals surface area contributed by atoms with Crippen molar-refractivity contribution in [2.24, 2.45) is 0 Å². The lowest BCUT2D eigenvalue weighted by molar-refractivity contribution is -0.119. The minimum Gasteiger partial charge on any atom is -0.325 e. The van der Waals surface area contributed by atoms with Crippen LogP contribution in [0.25, 0.3) is 0 Å². The molecule has 1 N–H and O–H groups in total. The van der Waals surface area contributed by atoms with E-state index < -0.39 is 0 Å². The molecular weight excluding hydrogens is 303 g/mol. The summed E-state index contributed by atoms with van der Waals surface area (Å²) in [6, 6.07) is 7.63. The van der Waals surface area contributed by atoms with Crippen LogP contribution in [0.4, 0.5) is 5.69 Å². The van der Waals surface area contributed by atoms with Gasteiger partial charge in [0.25, 0.3) is 0 Å². The summed E-state index contributed by atoms with van der Waals surface area (Å²) in [4.78, 5) is 13.6. The summed E-state index contributed by atoms with van der Waals surface area (Å²) >= 11 is 2.23. The van der Waals surface area contributed by atoms with E-state index >= 15 is 0 Å². The quantitative estimate of drug-likeness (QED) is 0.867. The first-order valence-corrected chi connectivity index (χ1v) is 5.81. The Morgan fingerprint density at radius 2 is 1.87 bits per heavy atom. The molecule has 1 aromatic carbocycles. The molecule has 0 heterocycles. The Hall–Kier alpha value is -0.620. The van der Waals surface area contributed by atoms with Crippen LogP contribution in [-0.2, 0) is 4.79 Å². The normalized spacial score (nSPS) is 12.6. The zero-order chi connectivity index (χ0) is 11.4. The minimum atomic E-state index is -0.121. The van der Waals surface area contributed by atoms with Gasteiger partial charge in [-0.25, -0.2) is 0 Å². The number of carbonyl (C=O) groups is 1. The predicted molar refractivity (Wildman–Crippen MR) is 70.9 cm³/mol. The standard InChI is InChI=1S/C11H15IN2O/c1-8(14(2)3)11(15)13-10-6-4-9(12)5-7-10/h4-8H,1-3H3,(H,13,15). The fourth-order valence-corrected chi connectivity index (χ4v) is 1.37. The molecule has 1 rings (SSSR count). The van der Waals surface area contributed by atoms with E-state index in [4.69, 9.17) is 0 Å². The van der Waals surface area contributed by atoms with Crippen molar-refractivity contribution < 1.29 is 4.79 Å². The summed E-state index contributed by atoms with van der Waals surface area (Å²) < 4.78 is 1.16. The van der Waals surface area contributed by atoms with E-state index in [2.05, 4.69) is 27.9 Å². The van der Waals surface area contributed by atoms with Gasteiger partial charge in [0.15, 0.2) is 0 Å². The molecule has 0 aliphatic rings. The topological polar surface area (TPSA) is 32.3 Å². The van der Waals surface area contributed by atoms with Crippen molar-refractivity contribution in [1.29, 1.82) is 0 Å². The molecule has 1 atom stereocenters. The maximum atomic E-state index is 11.7. The maximum Gasteiger partial charge on any atom is 0.241 e. The Kier molecular flexibility index (Phi) is 4.53. The monoisotopic (exact) mass is 318 g/mol. The molecule has 1 amide bonds. The van der Waals surface area contributed by atoms with Gasteiger partial charge in [0.2, 0.25) is 5.91 Å². The van der Waals surface area contributed by atoms with Crippen LogP contribution in [0.3, 0.4) is 0 Å². The first kappa shape index (κ1) is 12.4. The molecule has 15 heavy (non-hydrogen) atoms. The number of rotatable bonds is 3. The summed E-state index contributed by atoms with van der Waals surface area (Å²) in [6.45, 7) is 1.88. The molecule has 0 aromatic heterocycles. The lowest BCUT2D eigenvalue weighted by atomic mass is 10.2. The summed E-state index contributed by atoms with van der Waals surface area (Å²) in [6.07, 6.45) is 0. The van der Waals surface area contributed by atoms with E-state index in [0.717, 1.165) is 9.26 Å². The van der Waals surface area contributed by atoms with E-state index in [1.165, 1.54) is 0 Å². The van der Waals surface area contributed by atoms with Gasteiger partial charge in [0, 0.05) is 9.26 Å². The number of anilines is 1.